The molecule has 0 radical (unpaired) electrons. The molecule has 0 saturated carbocycles. The fraction of sp³-hybridized carbons (Fsp3) is 0.190. The first-order valence-corrected chi connectivity index (χ1v) is 8.61. The highest BCUT2D eigenvalue weighted by Crippen LogP contribution is 2.28. The maximum Gasteiger partial charge on any atom is 0.338 e. The van der Waals surface area contributed by atoms with E-state index in [4.69, 9.17) is 14.2 Å². The predicted octanol–water partition coefficient (Wildman–Crippen LogP) is 2.71. The van der Waals surface area contributed by atoms with E-state index in [0.29, 0.717) is 29.2 Å². The molecule has 1 heterocycles. The Morgan fingerprint density at radius 2 is 1.75 bits per heavy atom. The Bertz CT molecular complexity index is 901. The second-order valence-electron chi connectivity index (χ2n) is 5.91. The van der Waals surface area contributed by atoms with E-state index in [2.05, 4.69) is 6.58 Å². The van der Waals surface area contributed by atoms with Crippen molar-refractivity contribution < 1.29 is 28.6 Å². The number of methoxy groups -OCH3 is 1. The molecule has 28 heavy (non-hydrogen) atoms. The van der Waals surface area contributed by atoms with Crippen molar-refractivity contribution in [2.45, 2.75) is 0 Å². The molecule has 0 fully saturated rings. The van der Waals surface area contributed by atoms with Crippen molar-refractivity contribution in [2.24, 2.45) is 0 Å². The summed E-state index contributed by atoms with van der Waals surface area (Å²) in [5.41, 5.74) is 0.988. The van der Waals surface area contributed by atoms with Gasteiger partial charge in [0.2, 0.25) is 0 Å². The highest BCUT2D eigenvalue weighted by atomic mass is 16.5. The molecule has 0 saturated heterocycles. The van der Waals surface area contributed by atoms with E-state index in [9.17, 15) is 14.4 Å². The minimum Gasteiger partial charge on any atom is -0.493 e. The van der Waals surface area contributed by atoms with Crippen LogP contribution in [0, 0.1) is 0 Å². The lowest BCUT2D eigenvalue weighted by Crippen LogP contribution is -2.33. The van der Waals surface area contributed by atoms with Gasteiger partial charge in [0.15, 0.2) is 11.5 Å². The zero-order valence-corrected chi connectivity index (χ0v) is 15.3. The molecular formula is C21H19NO6. The quantitative estimate of drug-likeness (QED) is 0.397. The number of rotatable bonds is 8. The number of benzene rings is 2. The third kappa shape index (κ3) is 3.73. The monoisotopic (exact) mass is 381 g/mol. The third-order valence-corrected chi connectivity index (χ3v) is 4.18. The molecule has 2 amide bonds. The predicted molar refractivity (Wildman–Crippen MR) is 101 cm³/mol. The fourth-order valence-electron chi connectivity index (χ4n) is 2.82. The van der Waals surface area contributed by atoms with E-state index in [-0.39, 0.29) is 30.5 Å². The van der Waals surface area contributed by atoms with Crippen molar-refractivity contribution in [1.29, 1.82) is 0 Å². The van der Waals surface area contributed by atoms with E-state index in [0.717, 1.165) is 4.90 Å². The molecule has 0 atom stereocenters. The summed E-state index contributed by atoms with van der Waals surface area (Å²) in [6.45, 7) is 3.75. The lowest BCUT2D eigenvalue weighted by Gasteiger charge is -2.14. The van der Waals surface area contributed by atoms with E-state index in [1.54, 1.807) is 42.5 Å². The standard InChI is InChI=1S/C21H19NO6/c1-3-11-27-17-9-8-14(13-18(17)26-2)21(25)28-12-10-22-19(23)15-6-4-5-7-16(15)20(22)24/h3-9,13H,1,10-12H2,2H3. The highest BCUT2D eigenvalue weighted by molar-refractivity contribution is 6.21. The second-order valence-corrected chi connectivity index (χ2v) is 5.91. The number of carbonyl (C=O) groups is 3. The van der Waals surface area contributed by atoms with Crippen LogP contribution in [-0.2, 0) is 4.74 Å². The molecule has 0 aliphatic carbocycles. The molecular weight excluding hydrogens is 362 g/mol. The van der Waals surface area contributed by atoms with Crippen molar-refractivity contribution in [1.82, 2.24) is 4.90 Å². The van der Waals surface area contributed by atoms with E-state index < -0.39 is 5.97 Å². The van der Waals surface area contributed by atoms with Gasteiger partial charge in [-0.1, -0.05) is 24.8 Å². The van der Waals surface area contributed by atoms with Crippen LogP contribution in [0.1, 0.15) is 31.1 Å². The number of fused-ring (bicyclic) bond motifs is 1. The van der Waals surface area contributed by atoms with Crippen molar-refractivity contribution in [3.8, 4) is 11.5 Å². The lowest BCUT2D eigenvalue weighted by atomic mass is 10.1. The minimum absolute atomic E-state index is 0.0181. The number of hydrogen-bond acceptors (Lipinski definition) is 6. The largest absolute Gasteiger partial charge is 0.493 e. The molecule has 144 valence electrons. The van der Waals surface area contributed by atoms with E-state index in [1.165, 1.54) is 13.2 Å². The molecule has 2 aromatic carbocycles. The molecule has 1 aliphatic heterocycles. The lowest BCUT2D eigenvalue weighted by molar-refractivity contribution is 0.0420. The topological polar surface area (TPSA) is 82.1 Å². The van der Waals surface area contributed by atoms with Crippen LogP contribution in [0.5, 0.6) is 11.5 Å². The van der Waals surface area contributed by atoms with Crippen LogP contribution in [0.4, 0.5) is 0 Å². The van der Waals surface area contributed by atoms with Gasteiger partial charge in [-0.05, 0) is 30.3 Å². The summed E-state index contributed by atoms with van der Waals surface area (Å²) >= 11 is 0. The summed E-state index contributed by atoms with van der Waals surface area (Å²) in [5, 5.41) is 0. The first kappa shape index (κ1) is 19.2. The number of carbonyl (C=O) groups excluding carboxylic acids is 3. The third-order valence-electron chi connectivity index (χ3n) is 4.18. The number of amides is 2. The van der Waals surface area contributed by atoms with Crippen LogP contribution in [0.2, 0.25) is 0 Å². The molecule has 7 nitrogen and oxygen atoms in total. The van der Waals surface area contributed by atoms with Gasteiger partial charge in [-0.25, -0.2) is 4.79 Å². The smallest absolute Gasteiger partial charge is 0.338 e. The van der Waals surface area contributed by atoms with Crippen LogP contribution in [0.15, 0.2) is 55.1 Å². The number of imide groups is 1. The summed E-state index contributed by atoms with van der Waals surface area (Å²) in [6.07, 6.45) is 1.60. The van der Waals surface area contributed by atoms with E-state index >= 15 is 0 Å². The van der Waals surface area contributed by atoms with Gasteiger partial charge >= 0.3 is 5.97 Å². The van der Waals surface area contributed by atoms with Gasteiger partial charge in [0, 0.05) is 0 Å². The van der Waals surface area contributed by atoms with Gasteiger partial charge in [0.25, 0.3) is 11.8 Å². The Kier molecular flexibility index (Phi) is 5.74. The molecule has 0 N–H and O–H groups in total. The van der Waals surface area contributed by atoms with Crippen LogP contribution >= 0.6 is 0 Å². The van der Waals surface area contributed by atoms with Gasteiger partial charge in [0.05, 0.1) is 30.3 Å². The maximum absolute atomic E-state index is 12.3. The van der Waals surface area contributed by atoms with Gasteiger partial charge in [0.1, 0.15) is 13.2 Å². The van der Waals surface area contributed by atoms with Gasteiger partial charge in [-0.3, -0.25) is 14.5 Å². The van der Waals surface area contributed by atoms with E-state index in [1.807, 2.05) is 0 Å². The average molecular weight is 381 g/mol. The highest BCUT2D eigenvalue weighted by Gasteiger charge is 2.34. The SMILES string of the molecule is C=CCOc1ccc(C(=O)OCCN2C(=O)c3ccccc3C2=O)cc1OC. The second kappa shape index (κ2) is 8.39. The van der Waals surface area contributed by atoms with Crippen LogP contribution in [-0.4, -0.2) is 49.6 Å². The summed E-state index contributed by atoms with van der Waals surface area (Å²) in [5.74, 6) is -0.504. The number of esters is 1. The van der Waals surface area contributed by atoms with Crippen LogP contribution < -0.4 is 9.47 Å². The molecule has 0 spiro atoms. The molecule has 2 aromatic rings. The fourth-order valence-corrected chi connectivity index (χ4v) is 2.82. The Balaban J connectivity index is 1.60. The first-order chi connectivity index (χ1) is 13.6. The molecule has 7 heteroatoms. The summed E-state index contributed by atoms with van der Waals surface area (Å²) in [7, 11) is 1.47. The Morgan fingerprint density at radius 3 is 2.36 bits per heavy atom. The van der Waals surface area contributed by atoms with Gasteiger partial charge in [-0.15, -0.1) is 0 Å². The number of hydrogen-bond donors (Lipinski definition) is 0. The summed E-state index contributed by atoms with van der Waals surface area (Å²) in [4.78, 5) is 37.9. The molecule has 0 aromatic heterocycles. The number of nitrogens with zero attached hydrogens (tertiary/aromatic N) is 1. The Labute approximate surface area is 162 Å². The molecule has 0 bridgehead atoms. The van der Waals surface area contributed by atoms with Crippen LogP contribution in [0.25, 0.3) is 0 Å². The summed E-state index contributed by atoms with van der Waals surface area (Å²) < 4.78 is 15.9. The summed E-state index contributed by atoms with van der Waals surface area (Å²) in [6, 6.07) is 11.2. The Morgan fingerprint density at radius 1 is 1.07 bits per heavy atom. The molecule has 3 rings (SSSR count). The van der Waals surface area contributed by atoms with Gasteiger partial charge < -0.3 is 14.2 Å². The zero-order chi connectivity index (χ0) is 20.1. The average Bonchev–Trinajstić information content (AvgIpc) is 2.97. The van der Waals surface area contributed by atoms with Crippen molar-refractivity contribution in [2.75, 3.05) is 26.9 Å². The Hall–Kier alpha value is -3.61. The maximum atomic E-state index is 12.3. The van der Waals surface area contributed by atoms with Crippen molar-refractivity contribution >= 4 is 17.8 Å². The zero-order valence-electron chi connectivity index (χ0n) is 15.3. The molecule has 1 aliphatic rings. The normalized spacial score (nSPS) is 12.5. The first-order valence-electron chi connectivity index (χ1n) is 8.61. The minimum atomic E-state index is -0.592. The molecule has 0 unspecified atom stereocenters. The van der Waals surface area contributed by atoms with Crippen LogP contribution in [0.3, 0.4) is 0 Å². The van der Waals surface area contributed by atoms with Crippen molar-refractivity contribution in [3.05, 3.63) is 71.8 Å². The number of ether oxygens (including phenoxy) is 3. The van der Waals surface area contributed by atoms with Crippen molar-refractivity contribution in [3.63, 3.8) is 0 Å². The van der Waals surface area contributed by atoms with Gasteiger partial charge in [-0.2, -0.15) is 0 Å².